The largest absolute Gasteiger partial charge is 0.348 e. The first kappa shape index (κ1) is 16.2. The van der Waals surface area contributed by atoms with E-state index in [1.807, 2.05) is 54.6 Å². The van der Waals surface area contributed by atoms with E-state index >= 15 is 0 Å². The van der Waals surface area contributed by atoms with E-state index in [1.54, 1.807) is 18.3 Å². The molecule has 4 nitrogen and oxygen atoms in total. The van der Waals surface area contributed by atoms with Gasteiger partial charge in [0.25, 0.3) is 5.91 Å². The van der Waals surface area contributed by atoms with Gasteiger partial charge in [-0.15, -0.1) is 0 Å². The summed E-state index contributed by atoms with van der Waals surface area (Å²) in [4.78, 5) is 16.8. The van der Waals surface area contributed by atoms with E-state index in [1.165, 1.54) is 0 Å². The zero-order chi connectivity index (χ0) is 16.8. The number of hydrogen-bond acceptors (Lipinski definition) is 3. The Kier molecular flexibility index (Phi) is 5.23. The molecule has 1 heterocycles. The van der Waals surface area contributed by atoms with Gasteiger partial charge in [-0.2, -0.15) is 0 Å². The third kappa shape index (κ3) is 4.20. The lowest BCUT2D eigenvalue weighted by Crippen LogP contribution is -2.24. The van der Waals surface area contributed by atoms with E-state index in [4.69, 9.17) is 0 Å². The van der Waals surface area contributed by atoms with Crippen LogP contribution in [0.15, 0.2) is 77.4 Å². The van der Waals surface area contributed by atoms with Crippen molar-refractivity contribution < 1.29 is 4.79 Å². The fourth-order valence-electron chi connectivity index (χ4n) is 2.26. The van der Waals surface area contributed by atoms with E-state index in [0.29, 0.717) is 17.9 Å². The molecule has 0 fully saturated rings. The molecule has 0 radical (unpaired) electrons. The lowest BCUT2D eigenvalue weighted by atomic mass is 10.2. The molecule has 0 atom stereocenters. The van der Waals surface area contributed by atoms with Crippen LogP contribution < -0.4 is 10.6 Å². The number of hydrogen-bond donors (Lipinski definition) is 2. The van der Waals surface area contributed by atoms with Crippen molar-refractivity contribution in [1.82, 2.24) is 10.3 Å². The van der Waals surface area contributed by atoms with Crippen molar-refractivity contribution in [2.24, 2.45) is 0 Å². The highest BCUT2D eigenvalue weighted by Gasteiger charge is 2.12. The van der Waals surface area contributed by atoms with Crippen LogP contribution in [0.4, 0.5) is 11.5 Å². The number of carbonyl (C=O) groups is 1. The highest BCUT2D eigenvalue weighted by atomic mass is 79.9. The maximum absolute atomic E-state index is 12.5. The number of pyridine rings is 1. The first-order valence-corrected chi connectivity index (χ1v) is 8.31. The van der Waals surface area contributed by atoms with Crippen LogP contribution in [-0.2, 0) is 6.54 Å². The van der Waals surface area contributed by atoms with Crippen LogP contribution in [0.5, 0.6) is 0 Å². The van der Waals surface area contributed by atoms with Crippen LogP contribution in [0.3, 0.4) is 0 Å². The van der Waals surface area contributed by atoms with Crippen LogP contribution in [0, 0.1) is 0 Å². The molecule has 0 aliphatic rings. The second kappa shape index (κ2) is 7.75. The van der Waals surface area contributed by atoms with Crippen LogP contribution in [0.25, 0.3) is 0 Å². The van der Waals surface area contributed by atoms with Gasteiger partial charge in [-0.3, -0.25) is 4.79 Å². The average Bonchev–Trinajstić information content (AvgIpc) is 2.61. The van der Waals surface area contributed by atoms with Crippen LogP contribution in [0.2, 0.25) is 0 Å². The Bertz CT molecular complexity index is 837. The SMILES string of the molecule is O=C(NCc1ccccc1)c1cccnc1Nc1cccc(Br)c1. The van der Waals surface area contributed by atoms with Gasteiger partial charge in [0.05, 0.1) is 5.56 Å². The Morgan fingerprint density at radius 2 is 1.83 bits per heavy atom. The van der Waals surface area contributed by atoms with Gasteiger partial charge in [0.15, 0.2) is 0 Å². The fraction of sp³-hybridized carbons (Fsp3) is 0.0526. The summed E-state index contributed by atoms with van der Waals surface area (Å²) >= 11 is 3.43. The molecule has 0 aliphatic heterocycles. The van der Waals surface area contributed by atoms with E-state index in [9.17, 15) is 4.79 Å². The molecule has 0 unspecified atom stereocenters. The molecule has 0 saturated carbocycles. The normalized spacial score (nSPS) is 10.2. The summed E-state index contributed by atoms with van der Waals surface area (Å²) in [5.41, 5.74) is 2.42. The maximum Gasteiger partial charge on any atom is 0.255 e. The molecular weight excluding hydrogens is 366 g/mol. The molecule has 2 N–H and O–H groups in total. The predicted octanol–water partition coefficient (Wildman–Crippen LogP) is 4.52. The first-order valence-electron chi connectivity index (χ1n) is 7.52. The number of rotatable bonds is 5. The highest BCUT2D eigenvalue weighted by molar-refractivity contribution is 9.10. The molecular formula is C19H16BrN3O. The molecule has 3 aromatic rings. The Balaban J connectivity index is 1.74. The minimum atomic E-state index is -0.163. The van der Waals surface area contributed by atoms with E-state index in [0.717, 1.165) is 15.7 Å². The topological polar surface area (TPSA) is 54.0 Å². The minimum Gasteiger partial charge on any atom is -0.348 e. The number of amides is 1. The smallest absolute Gasteiger partial charge is 0.255 e. The van der Waals surface area contributed by atoms with Crippen molar-refractivity contribution in [3.05, 3.63) is 88.5 Å². The monoisotopic (exact) mass is 381 g/mol. The summed E-state index contributed by atoms with van der Waals surface area (Å²) < 4.78 is 0.957. The Morgan fingerprint density at radius 3 is 2.62 bits per heavy atom. The summed E-state index contributed by atoms with van der Waals surface area (Å²) in [5, 5.41) is 6.12. The van der Waals surface area contributed by atoms with Gasteiger partial charge in [-0.25, -0.2) is 4.98 Å². The summed E-state index contributed by atoms with van der Waals surface area (Å²) in [5.74, 6) is 0.366. The molecule has 2 aromatic carbocycles. The second-order valence-electron chi connectivity index (χ2n) is 5.20. The van der Waals surface area contributed by atoms with Gasteiger partial charge in [0.1, 0.15) is 5.82 Å². The number of nitrogens with zero attached hydrogens (tertiary/aromatic N) is 1. The molecule has 3 rings (SSSR count). The van der Waals surface area contributed by atoms with Crippen molar-refractivity contribution in [3.8, 4) is 0 Å². The third-order valence-corrected chi connectivity index (χ3v) is 3.93. The first-order chi connectivity index (χ1) is 11.7. The highest BCUT2D eigenvalue weighted by Crippen LogP contribution is 2.21. The molecule has 1 amide bonds. The van der Waals surface area contributed by atoms with E-state index < -0.39 is 0 Å². The van der Waals surface area contributed by atoms with Gasteiger partial charge < -0.3 is 10.6 Å². The van der Waals surface area contributed by atoms with Gasteiger partial charge >= 0.3 is 0 Å². The Hall–Kier alpha value is -2.66. The zero-order valence-corrected chi connectivity index (χ0v) is 14.5. The molecule has 1 aromatic heterocycles. The molecule has 120 valence electrons. The van der Waals surface area contributed by atoms with Crippen LogP contribution in [-0.4, -0.2) is 10.9 Å². The Labute approximate surface area is 149 Å². The third-order valence-electron chi connectivity index (χ3n) is 3.44. The van der Waals surface area contributed by atoms with Gasteiger partial charge in [0.2, 0.25) is 0 Å². The molecule has 0 saturated heterocycles. The quantitative estimate of drug-likeness (QED) is 0.682. The molecule has 0 aliphatic carbocycles. The van der Waals surface area contributed by atoms with Crippen molar-refractivity contribution in [1.29, 1.82) is 0 Å². The minimum absolute atomic E-state index is 0.163. The molecule has 5 heteroatoms. The number of benzene rings is 2. The number of halogens is 1. The summed E-state index contributed by atoms with van der Waals surface area (Å²) in [7, 11) is 0. The predicted molar refractivity (Wildman–Crippen MR) is 99.3 cm³/mol. The number of anilines is 2. The van der Waals surface area contributed by atoms with E-state index in [2.05, 4.69) is 31.5 Å². The molecule has 0 spiro atoms. The second-order valence-corrected chi connectivity index (χ2v) is 6.12. The Morgan fingerprint density at radius 1 is 1.00 bits per heavy atom. The number of nitrogens with one attached hydrogen (secondary N) is 2. The maximum atomic E-state index is 12.5. The average molecular weight is 382 g/mol. The number of aromatic nitrogens is 1. The zero-order valence-electron chi connectivity index (χ0n) is 12.9. The van der Waals surface area contributed by atoms with Crippen molar-refractivity contribution in [2.75, 3.05) is 5.32 Å². The summed E-state index contributed by atoms with van der Waals surface area (Å²) in [6, 6.07) is 21.0. The van der Waals surface area contributed by atoms with E-state index in [-0.39, 0.29) is 5.91 Å². The van der Waals surface area contributed by atoms with Gasteiger partial charge in [0, 0.05) is 22.9 Å². The lowest BCUT2D eigenvalue weighted by molar-refractivity contribution is 0.0951. The molecule has 24 heavy (non-hydrogen) atoms. The van der Waals surface area contributed by atoms with Crippen LogP contribution >= 0.6 is 15.9 Å². The number of carbonyl (C=O) groups excluding carboxylic acids is 1. The molecule has 0 bridgehead atoms. The van der Waals surface area contributed by atoms with Crippen molar-refractivity contribution >= 4 is 33.3 Å². The van der Waals surface area contributed by atoms with Gasteiger partial charge in [-0.05, 0) is 35.9 Å². The van der Waals surface area contributed by atoms with Crippen molar-refractivity contribution in [3.63, 3.8) is 0 Å². The standard InChI is InChI=1S/C19H16BrN3O/c20-15-8-4-9-16(12-15)23-18-17(10-5-11-21-18)19(24)22-13-14-6-2-1-3-7-14/h1-12H,13H2,(H,21,23)(H,22,24). The van der Waals surface area contributed by atoms with Crippen LogP contribution in [0.1, 0.15) is 15.9 Å². The van der Waals surface area contributed by atoms with Gasteiger partial charge in [-0.1, -0.05) is 52.3 Å². The summed E-state index contributed by atoms with van der Waals surface area (Å²) in [6.07, 6.45) is 1.66. The summed E-state index contributed by atoms with van der Waals surface area (Å²) in [6.45, 7) is 0.477. The lowest BCUT2D eigenvalue weighted by Gasteiger charge is -2.11. The fourth-order valence-corrected chi connectivity index (χ4v) is 2.66. The van der Waals surface area contributed by atoms with Crippen molar-refractivity contribution in [2.45, 2.75) is 6.54 Å².